The number of aromatic nitrogens is 15. The number of nitrogens with zero attached hydrogens (tertiary/aromatic N) is 13. The number of hydrogen-bond donors (Lipinski definition) is 4. The molecule has 0 radical (unpaired) electrons. The molecule has 4 N–H and O–H groups in total. The van der Waals surface area contributed by atoms with Crippen LogP contribution in [0.5, 0.6) is 17.8 Å². The van der Waals surface area contributed by atoms with E-state index in [-0.39, 0.29) is 63.5 Å². The molecule has 33 heteroatoms. The predicted molar refractivity (Wildman–Crippen MR) is 387 cm³/mol. The largest absolute Gasteiger partial charge is 0.480 e. The van der Waals surface area contributed by atoms with Crippen molar-refractivity contribution in [3.8, 4) is 30.1 Å². The molecule has 0 atom stereocenters. The van der Waals surface area contributed by atoms with Crippen LogP contribution in [0, 0.1) is 37.0 Å². The molecule has 21 nitrogen and oxygen atoms in total. The second kappa shape index (κ2) is 41.7. The summed E-state index contributed by atoms with van der Waals surface area (Å²) in [6.07, 6.45) is -1.31. The number of hydrogen-bond acceptors (Lipinski definition) is 13. The van der Waals surface area contributed by atoms with Gasteiger partial charge in [-0.2, -0.15) is 67.9 Å². The third-order valence-corrected chi connectivity index (χ3v) is 12.4. The number of nitrogens with one attached hydrogen (secondary N) is 4. The van der Waals surface area contributed by atoms with E-state index >= 15 is 0 Å². The summed E-state index contributed by atoms with van der Waals surface area (Å²) in [4.78, 5) is 29.0. The van der Waals surface area contributed by atoms with Gasteiger partial charge in [0.25, 0.3) is 11.8 Å². The zero-order valence-electron chi connectivity index (χ0n) is 67.7. The Labute approximate surface area is 614 Å². The third kappa shape index (κ3) is 38.2. The molecule has 105 heavy (non-hydrogen) atoms. The smallest absolute Gasteiger partial charge is 0.434 e. The van der Waals surface area contributed by atoms with E-state index in [1.807, 2.05) is 66.1 Å². The lowest BCUT2D eigenvalue weighted by Gasteiger charge is -2.24. The zero-order valence-corrected chi connectivity index (χ0v) is 67.7. The number of fused-ring (bicyclic) bond motifs is 1. The van der Waals surface area contributed by atoms with Crippen molar-refractivity contribution in [2.75, 3.05) is 41.5 Å². The van der Waals surface area contributed by atoms with Crippen molar-refractivity contribution in [1.82, 2.24) is 84.2 Å². The first-order valence-electron chi connectivity index (χ1n) is 33.9. The summed E-state index contributed by atoms with van der Waals surface area (Å²) in [5.41, 5.74) is -0.189. The van der Waals surface area contributed by atoms with Crippen LogP contribution < -0.4 is 19.5 Å². The Morgan fingerprint density at radius 1 is 0.590 bits per heavy atom. The molecule has 0 spiro atoms. The summed E-state index contributed by atoms with van der Waals surface area (Å²) < 4.78 is 172. The van der Waals surface area contributed by atoms with Crippen LogP contribution in [-0.2, 0) is 90.3 Å². The topological polar surface area (TPSA) is 230 Å². The highest BCUT2D eigenvalue weighted by Crippen LogP contribution is 2.36. The molecular weight excluding hydrogens is 1390 g/mol. The highest BCUT2D eigenvalue weighted by Gasteiger charge is 2.39. The van der Waals surface area contributed by atoms with E-state index in [2.05, 4.69) is 150 Å². The van der Waals surface area contributed by atoms with E-state index in [1.54, 1.807) is 71.9 Å². The maximum Gasteiger partial charge on any atom is 0.434 e. The van der Waals surface area contributed by atoms with Crippen LogP contribution in [-0.4, -0.2) is 126 Å². The number of ether oxygens (including phenoxy) is 3. The number of terminal acetylenes is 1. The molecule has 1 aliphatic heterocycles. The summed E-state index contributed by atoms with van der Waals surface area (Å²) in [7, 11) is 9.37. The number of rotatable bonds is 9. The SMILES string of the molecule is C#Cc1cc(C)[nH]n1.CC(C)(C)c1nc(C(C)(F)F)c2n1CCNC2.CC(C)C.CC(C)C.CC(C)C.CCOc1cc(C(C)(F)F)[nH]n1.CN(C)C(=O)Cn1cc(C(F)(F)F)nc1C(C)(C)C.COc1cc(C(F)(F)F)[nH]n1.COc1nc(C(C)(C)C)nn1C.Cn1cc(C(C)(C)C)nc1C(C)(F)F. The number of methoxy groups -OCH3 is 2. The summed E-state index contributed by atoms with van der Waals surface area (Å²) >= 11 is 0. The monoisotopic (exact) mass is 1510 g/mol. The predicted octanol–water partition coefficient (Wildman–Crippen LogP) is 17.7. The molecule has 7 aromatic heterocycles. The van der Waals surface area contributed by atoms with Gasteiger partial charge in [-0.25, -0.2) is 19.6 Å². The van der Waals surface area contributed by atoms with E-state index in [9.17, 15) is 57.5 Å². The Balaban J connectivity index is 0. The average molecular weight is 1510 g/mol. The Kier molecular flexibility index (Phi) is 39.4. The molecular formula is C72H119F12N17O4. The molecule has 1 aliphatic rings. The fraction of sp³-hybridized carbons (Fsp3) is 0.681. The molecule has 0 aromatic carbocycles. The molecule has 0 aliphatic carbocycles. The van der Waals surface area contributed by atoms with Gasteiger partial charge in [-0.05, 0) is 43.6 Å². The second-order valence-electron chi connectivity index (χ2n) is 30.8. The third-order valence-electron chi connectivity index (χ3n) is 12.4. The van der Waals surface area contributed by atoms with E-state index in [0.717, 1.165) is 74.7 Å². The minimum absolute atomic E-state index is 0.0193. The molecule has 8 rings (SSSR count). The Bertz CT molecular complexity index is 3580. The molecule has 0 unspecified atom stereocenters. The maximum atomic E-state index is 13.5. The Morgan fingerprint density at radius 2 is 1.08 bits per heavy atom. The number of carbonyl (C=O) groups excluding carboxylic acids is 1. The summed E-state index contributed by atoms with van der Waals surface area (Å²) in [6, 6.07) is 4.36. The van der Waals surface area contributed by atoms with Gasteiger partial charge in [0, 0.05) is 120 Å². The molecule has 0 fully saturated rings. The normalized spacial score (nSPS) is 12.4. The highest BCUT2D eigenvalue weighted by atomic mass is 19.4. The quantitative estimate of drug-likeness (QED) is 0.0779. The van der Waals surface area contributed by atoms with Crippen molar-refractivity contribution in [1.29, 1.82) is 0 Å². The molecule has 7 aromatic rings. The van der Waals surface area contributed by atoms with Gasteiger partial charge in [-0.3, -0.25) is 20.1 Å². The molecule has 0 saturated carbocycles. The number of alkyl halides is 12. The van der Waals surface area contributed by atoms with Crippen LogP contribution in [0.3, 0.4) is 0 Å². The molecule has 0 saturated heterocycles. The van der Waals surface area contributed by atoms with E-state index in [4.69, 9.17) is 15.9 Å². The zero-order chi connectivity index (χ0) is 82.7. The van der Waals surface area contributed by atoms with E-state index in [1.165, 1.54) is 27.2 Å². The fourth-order valence-electron chi connectivity index (χ4n) is 7.68. The lowest BCUT2D eigenvalue weighted by atomic mass is 9.93. The van der Waals surface area contributed by atoms with Gasteiger partial charge in [0.1, 0.15) is 41.0 Å². The summed E-state index contributed by atoms with van der Waals surface area (Å²) in [5.74, 6) is -2.25. The summed E-state index contributed by atoms with van der Waals surface area (Å²) in [5, 5.41) is 24.6. The van der Waals surface area contributed by atoms with Gasteiger partial charge in [0.2, 0.25) is 17.7 Å². The van der Waals surface area contributed by atoms with Crippen molar-refractivity contribution in [2.45, 2.75) is 251 Å². The number of likely N-dealkylation sites (N-methyl/N-ethyl adjacent to an activating group) is 1. The number of aryl methyl sites for hydroxylation is 3. The number of aromatic amines is 3. The molecule has 0 bridgehead atoms. The van der Waals surface area contributed by atoms with Crippen LogP contribution in [0.1, 0.15) is 242 Å². The van der Waals surface area contributed by atoms with Gasteiger partial charge in [0.15, 0.2) is 17.3 Å². The Morgan fingerprint density at radius 3 is 1.38 bits per heavy atom. The van der Waals surface area contributed by atoms with E-state index < -0.39 is 46.9 Å². The highest BCUT2D eigenvalue weighted by molar-refractivity contribution is 5.75. The number of carbonyl (C=O) groups is 1. The van der Waals surface area contributed by atoms with Crippen molar-refractivity contribution in [2.24, 2.45) is 31.8 Å². The number of halogens is 12. The van der Waals surface area contributed by atoms with Gasteiger partial charge in [-0.1, -0.05) is 145 Å². The lowest BCUT2D eigenvalue weighted by molar-refractivity contribution is -0.141. The maximum absolute atomic E-state index is 13.5. The first-order valence-corrected chi connectivity index (χ1v) is 33.9. The van der Waals surface area contributed by atoms with E-state index in [0.29, 0.717) is 42.8 Å². The van der Waals surface area contributed by atoms with Crippen LogP contribution in [0.25, 0.3) is 0 Å². The van der Waals surface area contributed by atoms with Gasteiger partial charge < -0.3 is 38.1 Å². The van der Waals surface area contributed by atoms with Gasteiger partial charge in [0.05, 0.1) is 32.2 Å². The van der Waals surface area contributed by atoms with Crippen molar-refractivity contribution >= 4 is 5.91 Å². The number of imidazole rings is 3. The molecule has 8 heterocycles. The fourth-order valence-corrected chi connectivity index (χ4v) is 7.68. The first kappa shape index (κ1) is 99.0. The minimum Gasteiger partial charge on any atom is -0.480 e. The van der Waals surface area contributed by atoms with Crippen molar-refractivity contribution < 1.29 is 71.7 Å². The standard InChI is InChI=1S/C12H18F3N3O.C12H19F2N3.C10H16F2N2.C8H15N3O.C7H10F2N2O.C6H6N2.C5H5F3N2O.3C4H10/c1-11(2,3)10-16-8(12(13,14)15)6-18(10)7-9(19)17(4)5;1-11(2,3)10-16-9(12(4,13)14)8-7-15-5-6-17(8)10;1-9(2,3)7-6-14(5)8(13-7)10(4,11)12;1-8(2,3)6-9-7(12-5)11(4)10-6;1-3-12-6-4-5(10-11-6)7(2,8)9;1-3-6-4-5(2)7-8-6;1-11-4-2-3(9-10-4)5(6,7)8;3*1-4(2)3/h6H,7H2,1-5H3;15H,5-7H2,1-4H3;6H,1-5H3;1-5H3;4H,3H2,1-2H3,(H,10,11);1,4H,2H3,(H,7,8);2H,1H3,(H,9,10);3*4H,1-3H3. The van der Waals surface area contributed by atoms with Gasteiger partial charge in [-0.15, -0.1) is 16.6 Å². The minimum atomic E-state index is -4.51. The number of H-pyrrole nitrogens is 3. The van der Waals surface area contributed by atoms with Crippen LogP contribution in [0.15, 0.2) is 30.6 Å². The number of amides is 1. The van der Waals surface area contributed by atoms with Crippen molar-refractivity contribution in [3.63, 3.8) is 0 Å². The lowest BCUT2D eigenvalue weighted by Crippen LogP contribution is -2.32. The average Bonchev–Trinajstić information content (AvgIpc) is 1.62. The molecule has 600 valence electrons. The van der Waals surface area contributed by atoms with Crippen LogP contribution in [0.4, 0.5) is 52.7 Å². The first-order chi connectivity index (χ1) is 47.3. The van der Waals surface area contributed by atoms with Crippen LogP contribution in [0.2, 0.25) is 0 Å². The summed E-state index contributed by atoms with van der Waals surface area (Å²) in [6.45, 7) is 51.4. The molecule has 1 amide bonds. The van der Waals surface area contributed by atoms with Crippen molar-refractivity contribution in [3.05, 3.63) is 99.4 Å². The second-order valence-corrected chi connectivity index (χ2v) is 30.8. The Hall–Kier alpha value is -8.05. The van der Waals surface area contributed by atoms with Gasteiger partial charge >= 0.3 is 24.3 Å². The van der Waals surface area contributed by atoms with Crippen LogP contribution >= 0.6 is 0 Å².